The van der Waals surface area contributed by atoms with Crippen LogP contribution in [0.2, 0.25) is 0 Å². The van der Waals surface area contributed by atoms with Crippen LogP contribution < -0.4 is 0 Å². The highest BCUT2D eigenvalue weighted by molar-refractivity contribution is 5.81. The molecule has 0 N–H and O–H groups in total. The zero-order valence-corrected chi connectivity index (χ0v) is 17.0. The first-order valence-corrected chi connectivity index (χ1v) is 11.6. The summed E-state index contributed by atoms with van der Waals surface area (Å²) < 4.78 is 2.24. The maximum atomic E-state index is 13.7. The third kappa shape index (κ3) is 3.58. The molecule has 1 aromatic carbocycles. The molecule has 0 saturated heterocycles. The molecule has 1 amide bonds. The maximum absolute atomic E-state index is 13.7. The topological polar surface area (TPSA) is 38.1 Å². The Morgan fingerprint density at radius 3 is 2.11 bits per heavy atom. The minimum absolute atomic E-state index is 0.337. The van der Waals surface area contributed by atoms with Crippen LogP contribution in [0.5, 0.6) is 0 Å². The molecule has 1 aromatic heterocycles. The van der Waals surface area contributed by atoms with Crippen LogP contribution >= 0.6 is 0 Å². The molecule has 2 aromatic rings. The van der Waals surface area contributed by atoms with E-state index in [1.807, 2.05) is 0 Å². The van der Waals surface area contributed by atoms with Crippen molar-refractivity contribution in [2.24, 2.45) is 0 Å². The SMILES string of the molecule is O=C(Cn1c(C2CC2)nc2ccccc21)N(C1CCCCC1)C1CCCCC1. The number of imidazole rings is 1. The zero-order chi connectivity index (χ0) is 18.9. The fourth-order valence-corrected chi connectivity index (χ4v) is 5.55. The van der Waals surface area contributed by atoms with E-state index in [4.69, 9.17) is 4.98 Å². The lowest BCUT2D eigenvalue weighted by molar-refractivity contribution is -0.138. The van der Waals surface area contributed by atoms with E-state index in [2.05, 4.69) is 33.7 Å². The van der Waals surface area contributed by atoms with Gasteiger partial charge in [0.25, 0.3) is 0 Å². The molecule has 0 aliphatic heterocycles. The van der Waals surface area contributed by atoms with Crippen LogP contribution in [-0.2, 0) is 11.3 Å². The number of hydrogen-bond acceptors (Lipinski definition) is 2. The van der Waals surface area contributed by atoms with E-state index in [1.165, 1.54) is 77.0 Å². The van der Waals surface area contributed by atoms with Gasteiger partial charge in [0.05, 0.1) is 11.0 Å². The molecule has 4 nitrogen and oxygen atoms in total. The molecular weight excluding hydrogens is 346 g/mol. The van der Waals surface area contributed by atoms with Crippen molar-refractivity contribution in [2.45, 2.75) is 102 Å². The molecule has 0 atom stereocenters. The van der Waals surface area contributed by atoms with Gasteiger partial charge in [0, 0.05) is 18.0 Å². The summed E-state index contributed by atoms with van der Waals surface area (Å²) in [5.41, 5.74) is 2.17. The summed E-state index contributed by atoms with van der Waals surface area (Å²) >= 11 is 0. The fraction of sp³-hybridized carbons (Fsp3) is 0.667. The second-order valence-electron chi connectivity index (χ2n) is 9.20. The Morgan fingerprint density at radius 2 is 1.50 bits per heavy atom. The Balaban J connectivity index is 1.44. The van der Waals surface area contributed by atoms with E-state index >= 15 is 0 Å². The van der Waals surface area contributed by atoms with Gasteiger partial charge in [-0.2, -0.15) is 0 Å². The number of carbonyl (C=O) groups is 1. The number of amides is 1. The van der Waals surface area contributed by atoms with Crippen molar-refractivity contribution in [2.75, 3.05) is 0 Å². The van der Waals surface area contributed by atoms with Gasteiger partial charge in [-0.25, -0.2) is 4.98 Å². The Bertz CT molecular complexity index is 807. The second kappa shape index (κ2) is 7.88. The summed E-state index contributed by atoms with van der Waals surface area (Å²) in [4.78, 5) is 21.0. The lowest BCUT2D eigenvalue weighted by atomic mass is 9.88. The molecule has 150 valence electrons. The number of benzene rings is 1. The summed E-state index contributed by atoms with van der Waals surface area (Å²) in [6.07, 6.45) is 15.0. The third-order valence-electron chi connectivity index (χ3n) is 7.14. The van der Waals surface area contributed by atoms with Gasteiger partial charge < -0.3 is 9.47 Å². The largest absolute Gasteiger partial charge is 0.335 e. The van der Waals surface area contributed by atoms with Crippen LogP contribution in [-0.4, -0.2) is 32.4 Å². The van der Waals surface area contributed by atoms with Gasteiger partial charge in [-0.15, -0.1) is 0 Å². The summed E-state index contributed by atoms with van der Waals surface area (Å²) in [6, 6.07) is 9.26. The van der Waals surface area contributed by atoms with Crippen molar-refractivity contribution in [1.29, 1.82) is 0 Å². The average molecular weight is 380 g/mol. The van der Waals surface area contributed by atoms with Crippen LogP contribution in [0, 0.1) is 0 Å². The van der Waals surface area contributed by atoms with Crippen LogP contribution in [0.4, 0.5) is 0 Å². The highest BCUT2D eigenvalue weighted by Gasteiger charge is 2.34. The van der Waals surface area contributed by atoms with Crippen molar-refractivity contribution < 1.29 is 4.79 Å². The van der Waals surface area contributed by atoms with Crippen molar-refractivity contribution in [3.63, 3.8) is 0 Å². The number of para-hydroxylation sites is 2. The van der Waals surface area contributed by atoms with Crippen molar-refractivity contribution >= 4 is 16.9 Å². The molecule has 3 saturated carbocycles. The van der Waals surface area contributed by atoms with Gasteiger partial charge >= 0.3 is 0 Å². The molecule has 3 aliphatic carbocycles. The van der Waals surface area contributed by atoms with E-state index in [-0.39, 0.29) is 0 Å². The first-order valence-electron chi connectivity index (χ1n) is 11.6. The number of rotatable bonds is 5. The lowest BCUT2D eigenvalue weighted by Gasteiger charge is -2.42. The summed E-state index contributed by atoms with van der Waals surface area (Å²) in [5.74, 6) is 2.03. The minimum atomic E-state index is 0.337. The first kappa shape index (κ1) is 18.2. The lowest BCUT2D eigenvalue weighted by Crippen LogP contribution is -2.50. The second-order valence-corrected chi connectivity index (χ2v) is 9.20. The third-order valence-corrected chi connectivity index (χ3v) is 7.14. The van der Waals surface area contributed by atoms with Crippen LogP contribution in [0.3, 0.4) is 0 Å². The maximum Gasteiger partial charge on any atom is 0.243 e. The standard InChI is InChI=1S/C24H33N3O/c28-23(27(19-9-3-1-4-10-19)20-11-5-2-6-12-20)17-26-22-14-8-7-13-21(22)25-24(26)18-15-16-18/h7-8,13-14,18-20H,1-6,9-12,15-17H2. The predicted molar refractivity (Wildman–Crippen MR) is 112 cm³/mol. The molecule has 28 heavy (non-hydrogen) atoms. The smallest absolute Gasteiger partial charge is 0.243 e. The van der Waals surface area contributed by atoms with Gasteiger partial charge in [0.1, 0.15) is 12.4 Å². The predicted octanol–water partition coefficient (Wildman–Crippen LogP) is 5.41. The van der Waals surface area contributed by atoms with Crippen molar-refractivity contribution in [1.82, 2.24) is 14.5 Å². The van der Waals surface area contributed by atoms with Gasteiger partial charge in [0.2, 0.25) is 5.91 Å². The number of nitrogens with zero attached hydrogens (tertiary/aromatic N) is 3. The van der Waals surface area contributed by atoms with Crippen LogP contribution in [0.15, 0.2) is 24.3 Å². The number of hydrogen-bond donors (Lipinski definition) is 0. The summed E-state index contributed by atoms with van der Waals surface area (Å²) in [7, 11) is 0. The monoisotopic (exact) mass is 379 g/mol. The highest BCUT2D eigenvalue weighted by Crippen LogP contribution is 2.41. The molecule has 1 heterocycles. The molecular formula is C24H33N3O. The van der Waals surface area contributed by atoms with Crippen molar-refractivity contribution in [3.8, 4) is 0 Å². The molecule has 0 bridgehead atoms. The van der Waals surface area contributed by atoms with E-state index in [0.717, 1.165) is 16.9 Å². The molecule has 3 aliphatic rings. The highest BCUT2D eigenvalue weighted by atomic mass is 16.2. The van der Waals surface area contributed by atoms with Crippen LogP contribution in [0.25, 0.3) is 11.0 Å². The Hall–Kier alpha value is -1.84. The van der Waals surface area contributed by atoms with Crippen LogP contribution in [0.1, 0.15) is 88.8 Å². The minimum Gasteiger partial charge on any atom is -0.335 e. The molecule has 0 radical (unpaired) electrons. The number of carbonyl (C=O) groups excluding carboxylic acids is 1. The molecule has 0 unspecified atom stereocenters. The zero-order valence-electron chi connectivity index (χ0n) is 17.0. The summed E-state index contributed by atoms with van der Waals surface area (Å²) in [5, 5.41) is 0. The first-order chi connectivity index (χ1) is 13.8. The Labute approximate surface area is 168 Å². The van der Waals surface area contributed by atoms with Gasteiger partial charge in [-0.05, 0) is 50.7 Å². The quantitative estimate of drug-likeness (QED) is 0.697. The summed E-state index contributed by atoms with van der Waals surface area (Å²) in [6.45, 7) is 0.472. The average Bonchev–Trinajstić information content (AvgIpc) is 3.53. The fourth-order valence-electron chi connectivity index (χ4n) is 5.55. The number of fused-ring (bicyclic) bond motifs is 1. The van der Waals surface area contributed by atoms with E-state index in [0.29, 0.717) is 30.5 Å². The van der Waals surface area contributed by atoms with Gasteiger partial charge in [-0.1, -0.05) is 50.7 Å². The number of aromatic nitrogens is 2. The molecule has 0 spiro atoms. The molecule has 3 fully saturated rings. The van der Waals surface area contributed by atoms with Gasteiger partial charge in [0.15, 0.2) is 0 Å². The van der Waals surface area contributed by atoms with E-state index in [1.54, 1.807) is 0 Å². The van der Waals surface area contributed by atoms with Crippen molar-refractivity contribution in [3.05, 3.63) is 30.1 Å². The van der Waals surface area contributed by atoms with E-state index < -0.39 is 0 Å². The Morgan fingerprint density at radius 1 is 0.893 bits per heavy atom. The van der Waals surface area contributed by atoms with Gasteiger partial charge in [-0.3, -0.25) is 4.79 Å². The normalized spacial score (nSPS) is 21.9. The Kier molecular flexibility index (Phi) is 5.13. The molecule has 5 rings (SSSR count). The molecule has 4 heteroatoms. The van der Waals surface area contributed by atoms with E-state index in [9.17, 15) is 4.79 Å².